The van der Waals surface area contributed by atoms with Crippen molar-refractivity contribution in [3.8, 4) is 5.75 Å². The molecule has 0 bridgehead atoms. The van der Waals surface area contributed by atoms with Crippen molar-refractivity contribution in [2.24, 2.45) is 5.92 Å². The largest absolute Gasteiger partial charge is 0.508 e. The average molecular weight is 391 g/mol. The lowest BCUT2D eigenvalue weighted by molar-refractivity contribution is -0.118. The number of phenolic OH excluding ortho intramolecular Hbond substituents is 1. The summed E-state index contributed by atoms with van der Waals surface area (Å²) in [5.74, 6) is -1.16. The Morgan fingerprint density at radius 1 is 1.14 bits per heavy atom. The molecule has 1 aliphatic heterocycles. The minimum Gasteiger partial charge on any atom is -0.508 e. The molecule has 0 fully saturated rings. The summed E-state index contributed by atoms with van der Waals surface area (Å²) in [6, 6.07) is 12.7. The van der Waals surface area contributed by atoms with Crippen LogP contribution in [0.15, 0.2) is 59.9 Å². The smallest absolute Gasteiger partial charge is 0.296 e. The number of para-hydroxylation sites is 2. The Kier molecular flexibility index (Phi) is 4.58. The van der Waals surface area contributed by atoms with Crippen LogP contribution >= 0.6 is 0 Å². The first-order valence-corrected chi connectivity index (χ1v) is 9.40. The van der Waals surface area contributed by atoms with Crippen LogP contribution in [0, 0.1) is 5.92 Å². The maximum Gasteiger partial charge on any atom is 0.296 e. The average Bonchev–Trinajstić information content (AvgIpc) is 3.21. The number of aliphatic hydroxyl groups is 1. The van der Waals surface area contributed by atoms with Gasteiger partial charge in [0.1, 0.15) is 5.75 Å². The number of hydrogen-bond acceptors (Lipinski definition) is 5. The van der Waals surface area contributed by atoms with Gasteiger partial charge in [-0.05, 0) is 35.7 Å². The summed E-state index contributed by atoms with van der Waals surface area (Å²) in [6.07, 6.45) is 0.204. The fraction of sp³-hybridized carbons (Fsp3) is 0.227. The van der Waals surface area contributed by atoms with Gasteiger partial charge in [0.2, 0.25) is 5.95 Å². The number of phenols is 1. The molecule has 2 aromatic carbocycles. The van der Waals surface area contributed by atoms with Gasteiger partial charge in [0.05, 0.1) is 22.6 Å². The minimum absolute atomic E-state index is 0.0508. The fourth-order valence-electron chi connectivity index (χ4n) is 3.61. The highest BCUT2D eigenvalue weighted by Gasteiger charge is 2.45. The number of carbonyl (C=O) groups excluding carboxylic acids is 2. The van der Waals surface area contributed by atoms with Crippen LogP contribution in [0.25, 0.3) is 11.0 Å². The molecule has 2 heterocycles. The summed E-state index contributed by atoms with van der Waals surface area (Å²) >= 11 is 0. The zero-order valence-corrected chi connectivity index (χ0v) is 16.1. The minimum atomic E-state index is -0.838. The van der Waals surface area contributed by atoms with Gasteiger partial charge in [0.15, 0.2) is 11.5 Å². The molecule has 7 heteroatoms. The van der Waals surface area contributed by atoms with E-state index in [1.165, 1.54) is 17.0 Å². The van der Waals surface area contributed by atoms with E-state index in [0.717, 1.165) is 5.52 Å². The van der Waals surface area contributed by atoms with E-state index < -0.39 is 17.7 Å². The summed E-state index contributed by atoms with van der Waals surface area (Å²) in [7, 11) is 0. The molecule has 0 aliphatic carbocycles. The third-order valence-corrected chi connectivity index (χ3v) is 4.92. The van der Waals surface area contributed by atoms with E-state index in [0.29, 0.717) is 11.1 Å². The number of Topliss-reactive ketones (excluding diaryl/α,β-unsaturated/α-hetero) is 1. The Hall–Kier alpha value is -3.61. The molecule has 1 atom stereocenters. The number of amides is 1. The van der Waals surface area contributed by atoms with Crippen LogP contribution < -0.4 is 4.90 Å². The topological polar surface area (TPSA) is 107 Å². The Labute approximate surface area is 167 Å². The van der Waals surface area contributed by atoms with Crippen molar-refractivity contribution in [1.29, 1.82) is 0 Å². The van der Waals surface area contributed by atoms with Crippen molar-refractivity contribution in [3.05, 3.63) is 65.4 Å². The highest BCUT2D eigenvalue weighted by atomic mass is 16.3. The Morgan fingerprint density at radius 3 is 2.48 bits per heavy atom. The van der Waals surface area contributed by atoms with Gasteiger partial charge in [0.25, 0.3) is 5.91 Å². The van der Waals surface area contributed by atoms with Crippen LogP contribution in [0.5, 0.6) is 5.75 Å². The summed E-state index contributed by atoms with van der Waals surface area (Å²) in [5, 5.41) is 20.3. The molecule has 0 radical (unpaired) electrons. The highest BCUT2D eigenvalue weighted by Crippen LogP contribution is 2.41. The molecule has 1 aromatic heterocycles. The number of aromatic hydroxyl groups is 1. The molecule has 1 aliphatic rings. The molecule has 0 saturated heterocycles. The van der Waals surface area contributed by atoms with Gasteiger partial charge in [-0.15, -0.1) is 0 Å². The van der Waals surface area contributed by atoms with E-state index in [4.69, 9.17) is 0 Å². The quantitative estimate of drug-likeness (QED) is 0.614. The monoisotopic (exact) mass is 391 g/mol. The molecule has 3 aromatic rings. The normalized spacial score (nSPS) is 17.0. The van der Waals surface area contributed by atoms with Gasteiger partial charge in [0, 0.05) is 6.42 Å². The number of aromatic nitrogens is 2. The van der Waals surface area contributed by atoms with Crippen molar-refractivity contribution in [2.45, 2.75) is 26.3 Å². The number of anilines is 1. The van der Waals surface area contributed by atoms with Gasteiger partial charge in [-0.3, -0.25) is 14.5 Å². The Balaban J connectivity index is 1.86. The molecule has 1 unspecified atom stereocenters. The number of ketones is 1. The first-order chi connectivity index (χ1) is 13.9. The number of H-pyrrole nitrogens is 1. The predicted octanol–water partition coefficient (Wildman–Crippen LogP) is 3.78. The van der Waals surface area contributed by atoms with Crippen molar-refractivity contribution < 1.29 is 19.8 Å². The summed E-state index contributed by atoms with van der Waals surface area (Å²) < 4.78 is 0. The SMILES string of the molecule is CC(C)CC(=O)C1=C(O)C(=O)N(c2nc3ccccc3[nH]2)C1c1ccc(O)cc1. The molecule has 3 N–H and O–H groups in total. The van der Waals surface area contributed by atoms with E-state index in [1.54, 1.807) is 12.1 Å². The number of nitrogens with zero attached hydrogens (tertiary/aromatic N) is 2. The number of aromatic amines is 1. The zero-order valence-electron chi connectivity index (χ0n) is 16.1. The lowest BCUT2D eigenvalue weighted by Crippen LogP contribution is -2.32. The van der Waals surface area contributed by atoms with E-state index >= 15 is 0 Å². The van der Waals surface area contributed by atoms with Gasteiger partial charge >= 0.3 is 0 Å². The molecule has 4 rings (SSSR count). The van der Waals surface area contributed by atoms with Crippen molar-refractivity contribution in [3.63, 3.8) is 0 Å². The second-order valence-corrected chi connectivity index (χ2v) is 7.53. The van der Waals surface area contributed by atoms with Gasteiger partial charge < -0.3 is 15.2 Å². The standard InChI is InChI=1S/C22H21N3O4/c1-12(2)11-17(27)18-19(13-7-9-14(26)10-8-13)25(21(29)20(18)28)22-23-15-5-3-4-6-16(15)24-22/h3-10,12,19,26,28H,11H2,1-2H3,(H,23,24). The van der Waals surface area contributed by atoms with Crippen LogP contribution in [0.3, 0.4) is 0 Å². The van der Waals surface area contributed by atoms with Crippen molar-refractivity contribution >= 4 is 28.7 Å². The number of imidazole rings is 1. The van der Waals surface area contributed by atoms with E-state index in [9.17, 15) is 19.8 Å². The first-order valence-electron chi connectivity index (χ1n) is 9.40. The maximum atomic E-state index is 13.0. The predicted molar refractivity (Wildman–Crippen MR) is 109 cm³/mol. The van der Waals surface area contributed by atoms with Crippen LogP contribution in [0.4, 0.5) is 5.95 Å². The lowest BCUT2D eigenvalue weighted by atomic mass is 9.92. The second-order valence-electron chi connectivity index (χ2n) is 7.53. The van der Waals surface area contributed by atoms with Gasteiger partial charge in [-0.2, -0.15) is 0 Å². The number of carbonyl (C=O) groups is 2. The number of hydrogen-bond donors (Lipinski definition) is 3. The van der Waals surface area contributed by atoms with Crippen LogP contribution in [-0.2, 0) is 9.59 Å². The van der Waals surface area contributed by atoms with Crippen LogP contribution in [0.2, 0.25) is 0 Å². The highest BCUT2D eigenvalue weighted by molar-refractivity contribution is 6.16. The molecule has 148 valence electrons. The van der Waals surface area contributed by atoms with Crippen molar-refractivity contribution in [1.82, 2.24) is 9.97 Å². The number of aliphatic hydroxyl groups excluding tert-OH is 1. The van der Waals surface area contributed by atoms with E-state index in [-0.39, 0.29) is 35.4 Å². The van der Waals surface area contributed by atoms with E-state index in [1.807, 2.05) is 38.1 Å². The number of benzene rings is 2. The summed E-state index contributed by atoms with van der Waals surface area (Å²) in [6.45, 7) is 3.80. The fourth-order valence-corrected chi connectivity index (χ4v) is 3.61. The van der Waals surface area contributed by atoms with Crippen LogP contribution in [0.1, 0.15) is 31.9 Å². The third kappa shape index (κ3) is 3.24. The molecule has 7 nitrogen and oxygen atoms in total. The van der Waals surface area contributed by atoms with Gasteiger partial charge in [-0.25, -0.2) is 4.98 Å². The molecule has 29 heavy (non-hydrogen) atoms. The molecular weight excluding hydrogens is 370 g/mol. The number of fused-ring (bicyclic) bond motifs is 1. The first kappa shape index (κ1) is 18.7. The van der Waals surface area contributed by atoms with Crippen LogP contribution in [-0.4, -0.2) is 31.9 Å². The zero-order chi connectivity index (χ0) is 20.7. The molecule has 0 spiro atoms. The number of nitrogens with one attached hydrogen (secondary N) is 1. The third-order valence-electron chi connectivity index (χ3n) is 4.92. The maximum absolute atomic E-state index is 13.0. The van der Waals surface area contributed by atoms with Crippen molar-refractivity contribution in [2.75, 3.05) is 4.90 Å². The Morgan fingerprint density at radius 2 is 1.83 bits per heavy atom. The molecule has 1 amide bonds. The summed E-state index contributed by atoms with van der Waals surface area (Å²) in [5.41, 5.74) is 2.05. The van der Waals surface area contributed by atoms with E-state index in [2.05, 4.69) is 9.97 Å². The number of rotatable bonds is 5. The second kappa shape index (κ2) is 7.09. The Bertz CT molecular complexity index is 1100. The summed E-state index contributed by atoms with van der Waals surface area (Å²) in [4.78, 5) is 34.8. The molecule has 0 saturated carbocycles. The molecular formula is C22H21N3O4. The lowest BCUT2D eigenvalue weighted by Gasteiger charge is -2.24. The van der Waals surface area contributed by atoms with Gasteiger partial charge in [-0.1, -0.05) is 38.1 Å².